The van der Waals surface area contributed by atoms with Crippen molar-refractivity contribution in [1.29, 1.82) is 0 Å². The number of benzene rings is 1. The van der Waals surface area contributed by atoms with Crippen LogP contribution in [0, 0.1) is 0 Å². The molecule has 3 N–H and O–H groups in total. The Kier molecular flexibility index (Phi) is 4.11. The van der Waals surface area contributed by atoms with Gasteiger partial charge in [-0.2, -0.15) is 0 Å². The topological polar surface area (TPSA) is 73.1 Å². The number of hydrazine groups is 1. The Morgan fingerprint density at radius 1 is 1.33 bits per heavy atom. The van der Waals surface area contributed by atoms with Gasteiger partial charge in [0.15, 0.2) is 5.00 Å². The zero-order valence-electron chi connectivity index (χ0n) is 10.4. The molecule has 0 spiro atoms. The van der Waals surface area contributed by atoms with Gasteiger partial charge in [0, 0.05) is 11.5 Å². The number of nitrogen functional groups attached to an aromatic ring is 1. The van der Waals surface area contributed by atoms with E-state index in [1.165, 1.54) is 17.1 Å². The minimum absolute atomic E-state index is 0.358. The Labute approximate surface area is 110 Å². The van der Waals surface area contributed by atoms with E-state index in [0.29, 0.717) is 12.5 Å². The summed E-state index contributed by atoms with van der Waals surface area (Å²) in [5.41, 5.74) is 4.56. The second-order valence-corrected chi connectivity index (χ2v) is 4.96. The van der Waals surface area contributed by atoms with E-state index in [4.69, 9.17) is 10.6 Å². The Hall–Kier alpha value is -1.66. The van der Waals surface area contributed by atoms with Crippen LogP contribution < -0.4 is 16.0 Å². The summed E-state index contributed by atoms with van der Waals surface area (Å²) in [6.45, 7) is 4.68. The first-order chi connectivity index (χ1) is 8.70. The molecule has 0 saturated carbocycles. The Morgan fingerprint density at radius 2 is 2.06 bits per heavy atom. The molecular weight excluding hydrogens is 248 g/mol. The highest BCUT2D eigenvalue weighted by Crippen LogP contribution is 2.21. The number of hydrogen-bond acceptors (Lipinski definition) is 6. The lowest BCUT2D eigenvalue weighted by Crippen LogP contribution is -2.08. The van der Waals surface area contributed by atoms with Crippen molar-refractivity contribution >= 4 is 16.5 Å². The maximum Gasteiger partial charge on any atom is 0.150 e. The van der Waals surface area contributed by atoms with E-state index in [2.05, 4.69) is 41.0 Å². The van der Waals surface area contributed by atoms with Crippen molar-refractivity contribution in [3.8, 4) is 5.75 Å². The molecule has 5 nitrogen and oxygen atoms in total. The summed E-state index contributed by atoms with van der Waals surface area (Å²) in [4.78, 5) is 0. The van der Waals surface area contributed by atoms with Crippen molar-refractivity contribution in [1.82, 2.24) is 9.59 Å². The van der Waals surface area contributed by atoms with Crippen molar-refractivity contribution in [2.24, 2.45) is 5.84 Å². The monoisotopic (exact) mass is 264 g/mol. The van der Waals surface area contributed by atoms with Gasteiger partial charge in [0.1, 0.15) is 18.1 Å². The summed E-state index contributed by atoms with van der Waals surface area (Å²) in [5, 5.41) is 4.68. The van der Waals surface area contributed by atoms with Crippen LogP contribution in [-0.4, -0.2) is 9.59 Å². The number of nitrogens with one attached hydrogen (secondary N) is 1. The largest absolute Gasteiger partial charge is 0.487 e. The third-order valence-corrected chi connectivity index (χ3v) is 3.31. The SMILES string of the molecule is CC(C)c1ccc(OCc2nnsc2NN)cc1. The standard InChI is InChI=1S/C12H16N4OS/c1-8(2)9-3-5-10(6-4-9)17-7-11-12(14-13)18-16-15-11/h3-6,8,14H,7,13H2,1-2H3. The smallest absolute Gasteiger partial charge is 0.150 e. The number of hydrogen-bond donors (Lipinski definition) is 2. The molecule has 0 aliphatic rings. The third-order valence-electron chi connectivity index (χ3n) is 2.61. The number of nitrogens with two attached hydrogens (primary N) is 1. The number of anilines is 1. The van der Waals surface area contributed by atoms with Crippen LogP contribution in [0.4, 0.5) is 5.00 Å². The molecule has 0 aliphatic carbocycles. The first kappa shape index (κ1) is 12.8. The fourth-order valence-corrected chi connectivity index (χ4v) is 1.99. The predicted molar refractivity (Wildman–Crippen MR) is 72.6 cm³/mol. The molecule has 0 amide bonds. The maximum atomic E-state index is 5.64. The molecule has 0 radical (unpaired) electrons. The van der Waals surface area contributed by atoms with E-state index in [-0.39, 0.29) is 0 Å². The zero-order chi connectivity index (χ0) is 13.0. The highest BCUT2D eigenvalue weighted by atomic mass is 32.1. The molecular formula is C12H16N4OS. The van der Waals surface area contributed by atoms with Gasteiger partial charge in [-0.3, -0.25) is 0 Å². The molecule has 0 aliphatic heterocycles. The second kappa shape index (κ2) is 5.79. The number of nitrogens with zero attached hydrogens (tertiary/aromatic N) is 2. The Bertz CT molecular complexity index is 495. The van der Waals surface area contributed by atoms with Crippen LogP contribution in [0.5, 0.6) is 5.75 Å². The van der Waals surface area contributed by atoms with Crippen LogP contribution in [-0.2, 0) is 6.61 Å². The summed E-state index contributed by atoms with van der Waals surface area (Å²) in [6.07, 6.45) is 0. The van der Waals surface area contributed by atoms with Gasteiger partial charge >= 0.3 is 0 Å². The molecule has 18 heavy (non-hydrogen) atoms. The summed E-state index contributed by atoms with van der Waals surface area (Å²) < 4.78 is 9.45. The van der Waals surface area contributed by atoms with Crippen LogP contribution in [0.15, 0.2) is 24.3 Å². The maximum absolute atomic E-state index is 5.64. The zero-order valence-corrected chi connectivity index (χ0v) is 11.2. The number of aromatic nitrogens is 2. The van der Waals surface area contributed by atoms with Gasteiger partial charge in [-0.05, 0) is 23.6 Å². The molecule has 1 aromatic carbocycles. The Morgan fingerprint density at radius 3 is 2.67 bits per heavy atom. The lowest BCUT2D eigenvalue weighted by atomic mass is 10.0. The lowest BCUT2D eigenvalue weighted by molar-refractivity contribution is 0.301. The van der Waals surface area contributed by atoms with Crippen molar-refractivity contribution in [3.63, 3.8) is 0 Å². The molecule has 2 rings (SSSR count). The number of ether oxygens (including phenoxy) is 1. The normalized spacial score (nSPS) is 10.7. The van der Waals surface area contributed by atoms with Gasteiger partial charge < -0.3 is 10.2 Å². The molecule has 0 bridgehead atoms. The molecule has 6 heteroatoms. The quantitative estimate of drug-likeness (QED) is 0.641. The van der Waals surface area contributed by atoms with Crippen molar-refractivity contribution < 1.29 is 4.74 Å². The van der Waals surface area contributed by atoms with Gasteiger partial charge in [-0.25, -0.2) is 5.84 Å². The van der Waals surface area contributed by atoms with E-state index < -0.39 is 0 Å². The van der Waals surface area contributed by atoms with Crippen molar-refractivity contribution in [2.75, 3.05) is 5.43 Å². The fourth-order valence-electron chi connectivity index (χ4n) is 1.51. The van der Waals surface area contributed by atoms with E-state index in [1.54, 1.807) is 0 Å². The van der Waals surface area contributed by atoms with E-state index in [0.717, 1.165) is 16.4 Å². The summed E-state index contributed by atoms with van der Waals surface area (Å²) in [7, 11) is 0. The molecule has 0 fully saturated rings. The molecule has 1 aromatic heterocycles. The van der Waals surface area contributed by atoms with Crippen molar-refractivity contribution in [3.05, 3.63) is 35.5 Å². The lowest BCUT2D eigenvalue weighted by Gasteiger charge is -2.08. The molecule has 96 valence electrons. The summed E-state index contributed by atoms with van der Waals surface area (Å²) in [6, 6.07) is 8.07. The van der Waals surface area contributed by atoms with Gasteiger partial charge in [0.2, 0.25) is 0 Å². The predicted octanol–water partition coefficient (Wildman–Crippen LogP) is 2.53. The van der Waals surface area contributed by atoms with Gasteiger partial charge in [0.25, 0.3) is 0 Å². The van der Waals surface area contributed by atoms with Crippen LogP contribution in [0.3, 0.4) is 0 Å². The highest BCUT2D eigenvalue weighted by Gasteiger charge is 2.07. The molecule has 0 unspecified atom stereocenters. The third kappa shape index (κ3) is 2.96. The molecule has 0 atom stereocenters. The first-order valence-electron chi connectivity index (χ1n) is 5.71. The fraction of sp³-hybridized carbons (Fsp3) is 0.333. The van der Waals surface area contributed by atoms with Crippen LogP contribution >= 0.6 is 11.5 Å². The summed E-state index contributed by atoms with van der Waals surface area (Å²) >= 11 is 1.21. The van der Waals surface area contributed by atoms with Gasteiger partial charge in [-0.15, -0.1) is 5.10 Å². The Balaban J connectivity index is 1.98. The minimum atomic E-state index is 0.358. The van der Waals surface area contributed by atoms with Crippen molar-refractivity contribution in [2.45, 2.75) is 26.4 Å². The van der Waals surface area contributed by atoms with E-state index in [9.17, 15) is 0 Å². The first-order valence-corrected chi connectivity index (χ1v) is 6.48. The van der Waals surface area contributed by atoms with E-state index >= 15 is 0 Å². The van der Waals surface area contributed by atoms with Gasteiger partial charge in [0.05, 0.1) is 0 Å². The molecule has 2 aromatic rings. The van der Waals surface area contributed by atoms with E-state index in [1.807, 2.05) is 12.1 Å². The van der Waals surface area contributed by atoms with Crippen LogP contribution in [0.1, 0.15) is 31.0 Å². The highest BCUT2D eigenvalue weighted by molar-refractivity contribution is 7.10. The molecule has 1 heterocycles. The summed E-state index contributed by atoms with van der Waals surface area (Å²) in [5.74, 6) is 6.68. The molecule has 0 saturated heterocycles. The second-order valence-electron chi connectivity index (χ2n) is 4.21. The van der Waals surface area contributed by atoms with Crippen LogP contribution in [0.25, 0.3) is 0 Å². The minimum Gasteiger partial charge on any atom is -0.487 e. The average molecular weight is 264 g/mol. The van der Waals surface area contributed by atoms with Crippen LogP contribution in [0.2, 0.25) is 0 Å². The van der Waals surface area contributed by atoms with Gasteiger partial charge in [-0.1, -0.05) is 30.5 Å². The number of rotatable bonds is 5. The average Bonchev–Trinajstić information content (AvgIpc) is 2.84.